The molecular weight excluding hydrogens is 256 g/mol. The van der Waals surface area contributed by atoms with Gasteiger partial charge in [-0.25, -0.2) is 0 Å². The first-order chi connectivity index (χ1) is 9.50. The Labute approximate surface area is 120 Å². The summed E-state index contributed by atoms with van der Waals surface area (Å²) < 4.78 is 0. The van der Waals surface area contributed by atoms with Crippen LogP contribution in [-0.4, -0.2) is 58.0 Å². The number of rotatable bonds is 5. The maximum Gasteiger partial charge on any atom is 0.320 e. The monoisotopic (exact) mass is 282 g/mol. The highest BCUT2D eigenvalue weighted by atomic mass is 16.4. The van der Waals surface area contributed by atoms with E-state index in [1.54, 1.807) is 0 Å². The van der Waals surface area contributed by atoms with Gasteiger partial charge in [-0.05, 0) is 46.1 Å². The summed E-state index contributed by atoms with van der Waals surface area (Å²) in [5.41, 5.74) is 0. The Morgan fingerprint density at radius 2 is 1.85 bits per heavy atom. The van der Waals surface area contributed by atoms with Crippen LogP contribution in [0.3, 0.4) is 0 Å². The minimum absolute atomic E-state index is 0.0973. The highest BCUT2D eigenvalue weighted by Gasteiger charge is 2.35. The highest BCUT2D eigenvalue weighted by Crippen LogP contribution is 2.26. The number of amides is 1. The molecule has 1 amide bonds. The van der Waals surface area contributed by atoms with Crippen molar-refractivity contribution in [3.8, 4) is 0 Å². The number of carbonyl (C=O) groups excluding carboxylic acids is 1. The van der Waals surface area contributed by atoms with Crippen LogP contribution in [0, 0.1) is 0 Å². The fourth-order valence-corrected chi connectivity index (χ4v) is 3.65. The third kappa shape index (κ3) is 3.32. The predicted molar refractivity (Wildman–Crippen MR) is 76.5 cm³/mol. The molecule has 0 aromatic heterocycles. The number of likely N-dealkylation sites (tertiary alicyclic amines) is 1. The maximum absolute atomic E-state index is 12.6. The van der Waals surface area contributed by atoms with Crippen LogP contribution in [0.25, 0.3) is 0 Å². The summed E-state index contributed by atoms with van der Waals surface area (Å²) in [6.07, 6.45) is 6.10. The van der Waals surface area contributed by atoms with E-state index in [9.17, 15) is 14.7 Å². The first-order valence-electron chi connectivity index (χ1n) is 7.78. The maximum atomic E-state index is 12.6. The van der Waals surface area contributed by atoms with Crippen LogP contribution >= 0.6 is 0 Å². The topological polar surface area (TPSA) is 60.9 Å². The number of hydrogen-bond donors (Lipinski definition) is 1. The van der Waals surface area contributed by atoms with Crippen LogP contribution in [0.1, 0.15) is 52.4 Å². The van der Waals surface area contributed by atoms with Crippen molar-refractivity contribution in [1.29, 1.82) is 0 Å². The second-order valence-corrected chi connectivity index (χ2v) is 6.30. The number of aliphatic carboxylic acids is 1. The quantitative estimate of drug-likeness (QED) is 0.834. The Balaban J connectivity index is 1.99. The smallest absolute Gasteiger partial charge is 0.320 e. The molecule has 1 unspecified atom stereocenters. The summed E-state index contributed by atoms with van der Waals surface area (Å²) in [6.45, 7) is 5.08. The molecule has 1 atom stereocenters. The van der Waals surface area contributed by atoms with E-state index in [0.717, 1.165) is 25.8 Å². The lowest BCUT2D eigenvalue weighted by Gasteiger charge is -2.34. The van der Waals surface area contributed by atoms with Gasteiger partial charge in [-0.3, -0.25) is 14.5 Å². The van der Waals surface area contributed by atoms with E-state index in [1.807, 2.05) is 9.80 Å². The molecule has 0 spiro atoms. The van der Waals surface area contributed by atoms with Gasteiger partial charge in [-0.1, -0.05) is 12.8 Å². The summed E-state index contributed by atoms with van der Waals surface area (Å²) in [6, 6.07) is 0.0707. The molecule has 0 bridgehead atoms. The van der Waals surface area contributed by atoms with Gasteiger partial charge in [0.2, 0.25) is 5.91 Å². The van der Waals surface area contributed by atoms with Crippen molar-refractivity contribution < 1.29 is 14.7 Å². The van der Waals surface area contributed by atoms with Gasteiger partial charge < -0.3 is 10.0 Å². The Hall–Kier alpha value is -1.10. The highest BCUT2D eigenvalue weighted by molar-refractivity contribution is 5.80. The van der Waals surface area contributed by atoms with Gasteiger partial charge in [0, 0.05) is 12.1 Å². The fraction of sp³-hybridized carbons (Fsp3) is 0.867. The zero-order valence-electron chi connectivity index (χ0n) is 12.5. The van der Waals surface area contributed by atoms with Crippen molar-refractivity contribution in [2.45, 2.75) is 70.5 Å². The van der Waals surface area contributed by atoms with E-state index in [1.165, 1.54) is 12.8 Å². The molecule has 5 nitrogen and oxygen atoms in total. The van der Waals surface area contributed by atoms with Crippen LogP contribution in [0.2, 0.25) is 0 Å². The van der Waals surface area contributed by atoms with E-state index in [0.29, 0.717) is 12.5 Å². The molecule has 0 aromatic carbocycles. The molecule has 0 radical (unpaired) electrons. The van der Waals surface area contributed by atoms with Crippen LogP contribution in [-0.2, 0) is 9.59 Å². The van der Waals surface area contributed by atoms with E-state index in [2.05, 4.69) is 13.8 Å². The molecule has 1 aliphatic heterocycles. The molecule has 5 heteroatoms. The third-order valence-electron chi connectivity index (χ3n) is 4.55. The van der Waals surface area contributed by atoms with Gasteiger partial charge in [-0.15, -0.1) is 0 Å². The molecule has 1 saturated heterocycles. The molecule has 1 N–H and O–H groups in total. The van der Waals surface area contributed by atoms with E-state index >= 15 is 0 Å². The van der Waals surface area contributed by atoms with Crippen molar-refractivity contribution in [3.05, 3.63) is 0 Å². The van der Waals surface area contributed by atoms with E-state index in [4.69, 9.17) is 0 Å². The fourth-order valence-electron chi connectivity index (χ4n) is 3.65. The summed E-state index contributed by atoms with van der Waals surface area (Å²) in [7, 11) is 0. The normalized spacial score (nSPS) is 24.4. The zero-order valence-corrected chi connectivity index (χ0v) is 12.5. The van der Waals surface area contributed by atoms with Crippen molar-refractivity contribution in [3.63, 3.8) is 0 Å². The zero-order chi connectivity index (χ0) is 14.7. The van der Waals surface area contributed by atoms with E-state index < -0.39 is 12.0 Å². The van der Waals surface area contributed by atoms with Crippen LogP contribution in [0.15, 0.2) is 0 Å². The first-order valence-corrected chi connectivity index (χ1v) is 7.78. The molecule has 2 rings (SSSR count). The second-order valence-electron chi connectivity index (χ2n) is 6.30. The summed E-state index contributed by atoms with van der Waals surface area (Å²) >= 11 is 0. The molecule has 20 heavy (non-hydrogen) atoms. The minimum Gasteiger partial charge on any atom is -0.480 e. The molecule has 0 aromatic rings. The number of hydrogen-bond acceptors (Lipinski definition) is 3. The molecular formula is C15H26N2O3. The lowest BCUT2D eigenvalue weighted by Crippen LogP contribution is -2.50. The molecule has 2 aliphatic rings. The lowest BCUT2D eigenvalue weighted by atomic mass is 10.1. The number of nitrogens with zero attached hydrogens (tertiary/aromatic N) is 2. The van der Waals surface area contributed by atoms with Gasteiger partial charge in [0.1, 0.15) is 6.04 Å². The van der Waals surface area contributed by atoms with Crippen LogP contribution < -0.4 is 0 Å². The van der Waals surface area contributed by atoms with Gasteiger partial charge in [0.25, 0.3) is 0 Å². The number of carbonyl (C=O) groups is 2. The Morgan fingerprint density at radius 1 is 1.20 bits per heavy atom. The van der Waals surface area contributed by atoms with Crippen LogP contribution in [0.4, 0.5) is 0 Å². The van der Waals surface area contributed by atoms with Crippen LogP contribution in [0.5, 0.6) is 0 Å². The first kappa shape index (κ1) is 15.3. The lowest BCUT2D eigenvalue weighted by molar-refractivity contribution is -0.144. The van der Waals surface area contributed by atoms with Crippen molar-refractivity contribution in [2.75, 3.05) is 13.1 Å². The third-order valence-corrected chi connectivity index (χ3v) is 4.55. The number of carboxylic acid groups (broad SMARTS) is 1. The molecule has 1 saturated carbocycles. The molecule has 2 fully saturated rings. The number of carboxylic acids is 1. The van der Waals surface area contributed by atoms with Gasteiger partial charge in [0.05, 0.1) is 6.54 Å². The Bertz CT molecular complexity index is 364. The minimum atomic E-state index is -0.799. The molecule has 114 valence electrons. The average Bonchev–Trinajstić information content (AvgIpc) is 2.99. The summed E-state index contributed by atoms with van der Waals surface area (Å²) in [5, 5.41) is 9.19. The predicted octanol–water partition coefficient (Wildman–Crippen LogP) is 1.71. The molecule has 1 aliphatic carbocycles. The van der Waals surface area contributed by atoms with Gasteiger partial charge in [-0.2, -0.15) is 0 Å². The van der Waals surface area contributed by atoms with Crippen molar-refractivity contribution >= 4 is 11.9 Å². The summed E-state index contributed by atoms with van der Waals surface area (Å²) in [4.78, 5) is 27.6. The van der Waals surface area contributed by atoms with Crippen molar-refractivity contribution in [1.82, 2.24) is 9.80 Å². The standard InChI is InChI=1S/C15H26N2O3/c1-11(2)17(12-6-3-4-7-12)14(18)10-16-9-5-8-13(16)15(19)20/h11-13H,3-10H2,1-2H3,(H,19,20). The SMILES string of the molecule is CC(C)N(C(=O)CN1CCCC1C(=O)O)C1CCCC1. The van der Waals surface area contributed by atoms with Gasteiger partial charge >= 0.3 is 5.97 Å². The molecule has 1 heterocycles. The second kappa shape index (κ2) is 6.57. The Morgan fingerprint density at radius 3 is 2.40 bits per heavy atom. The van der Waals surface area contributed by atoms with E-state index in [-0.39, 0.29) is 18.5 Å². The van der Waals surface area contributed by atoms with Crippen molar-refractivity contribution in [2.24, 2.45) is 0 Å². The Kier molecular flexibility index (Phi) is 5.02. The largest absolute Gasteiger partial charge is 0.480 e. The average molecular weight is 282 g/mol. The summed E-state index contributed by atoms with van der Waals surface area (Å²) in [5.74, 6) is -0.702. The van der Waals surface area contributed by atoms with Gasteiger partial charge in [0.15, 0.2) is 0 Å².